The monoisotopic (exact) mass is 419 g/mol. The smallest absolute Gasteiger partial charge is 0.325 e. The van der Waals surface area contributed by atoms with Gasteiger partial charge in [-0.1, -0.05) is 30.3 Å². The first-order valence-corrected chi connectivity index (χ1v) is 10.4. The van der Waals surface area contributed by atoms with Crippen molar-refractivity contribution in [2.75, 3.05) is 13.2 Å². The lowest BCUT2D eigenvalue weighted by Crippen LogP contribution is -2.42. The Morgan fingerprint density at radius 2 is 1.94 bits per heavy atom. The number of carbonyl (C=O) groups is 2. The Morgan fingerprint density at radius 3 is 2.68 bits per heavy atom. The van der Waals surface area contributed by atoms with Crippen LogP contribution in [-0.4, -0.2) is 41.2 Å². The van der Waals surface area contributed by atoms with Crippen LogP contribution in [0.5, 0.6) is 5.75 Å². The fourth-order valence-corrected chi connectivity index (χ4v) is 4.19. The second-order valence-electron chi connectivity index (χ2n) is 8.25. The third-order valence-electron chi connectivity index (χ3n) is 5.99. The topological polar surface area (TPSA) is 103 Å². The van der Waals surface area contributed by atoms with Crippen molar-refractivity contribution in [2.24, 2.45) is 0 Å². The number of aliphatic hydroxyl groups excluding tert-OH is 1. The van der Waals surface area contributed by atoms with E-state index >= 15 is 0 Å². The lowest BCUT2D eigenvalue weighted by molar-refractivity contribution is -0.132. The SMILES string of the molecule is C[C@@]1(c2ccc3c(c2)CCC3)NC(=O)N(C[C@H](O)COc2ccc(CC#N)cc2)C1=O. The minimum Gasteiger partial charge on any atom is -0.491 e. The predicted molar refractivity (Wildman–Crippen MR) is 113 cm³/mol. The Kier molecular flexibility index (Phi) is 5.66. The van der Waals surface area contributed by atoms with E-state index < -0.39 is 17.7 Å². The van der Waals surface area contributed by atoms with Gasteiger partial charge in [0.25, 0.3) is 5.91 Å². The third kappa shape index (κ3) is 4.12. The van der Waals surface area contributed by atoms with Crippen molar-refractivity contribution in [3.8, 4) is 11.8 Å². The average Bonchev–Trinajstić information content (AvgIpc) is 3.32. The van der Waals surface area contributed by atoms with Crippen LogP contribution in [0.25, 0.3) is 0 Å². The van der Waals surface area contributed by atoms with Crippen LogP contribution in [0.2, 0.25) is 0 Å². The molecule has 160 valence electrons. The first-order chi connectivity index (χ1) is 14.9. The highest BCUT2D eigenvalue weighted by atomic mass is 16.5. The van der Waals surface area contributed by atoms with Crippen LogP contribution in [-0.2, 0) is 29.6 Å². The number of nitrogens with zero attached hydrogens (tertiary/aromatic N) is 2. The van der Waals surface area contributed by atoms with Crippen LogP contribution in [0.15, 0.2) is 42.5 Å². The highest BCUT2D eigenvalue weighted by Gasteiger charge is 2.49. The number of amides is 3. The Morgan fingerprint density at radius 1 is 1.19 bits per heavy atom. The molecule has 2 aromatic rings. The summed E-state index contributed by atoms with van der Waals surface area (Å²) < 4.78 is 5.57. The Balaban J connectivity index is 1.39. The summed E-state index contributed by atoms with van der Waals surface area (Å²) in [6.07, 6.45) is 2.42. The number of hydrogen-bond acceptors (Lipinski definition) is 5. The van der Waals surface area contributed by atoms with Gasteiger partial charge >= 0.3 is 6.03 Å². The minimum absolute atomic E-state index is 0.0653. The number of rotatable bonds is 7. The third-order valence-corrected chi connectivity index (χ3v) is 5.99. The average molecular weight is 419 g/mol. The van der Waals surface area contributed by atoms with Crippen LogP contribution in [0.4, 0.5) is 4.79 Å². The molecule has 1 aliphatic heterocycles. The molecule has 0 aromatic heterocycles. The number of carbonyl (C=O) groups excluding carboxylic acids is 2. The molecule has 0 bridgehead atoms. The first kappa shape index (κ1) is 20.9. The number of aryl methyl sites for hydroxylation is 2. The lowest BCUT2D eigenvalue weighted by atomic mass is 9.89. The molecule has 3 amide bonds. The second-order valence-corrected chi connectivity index (χ2v) is 8.25. The van der Waals surface area contributed by atoms with Crippen molar-refractivity contribution in [1.82, 2.24) is 10.2 Å². The molecule has 2 aromatic carbocycles. The minimum atomic E-state index is -1.15. The van der Waals surface area contributed by atoms with Crippen molar-refractivity contribution in [3.63, 3.8) is 0 Å². The maximum Gasteiger partial charge on any atom is 0.325 e. The molecule has 0 spiro atoms. The van der Waals surface area contributed by atoms with Gasteiger partial charge in [-0.2, -0.15) is 5.26 Å². The molecule has 2 aliphatic rings. The summed E-state index contributed by atoms with van der Waals surface area (Å²) in [5.74, 6) is 0.163. The Hall–Kier alpha value is -3.37. The van der Waals surface area contributed by atoms with Gasteiger partial charge < -0.3 is 15.2 Å². The number of urea groups is 1. The number of nitrogens with one attached hydrogen (secondary N) is 1. The van der Waals surface area contributed by atoms with E-state index in [1.54, 1.807) is 31.2 Å². The van der Waals surface area contributed by atoms with Crippen molar-refractivity contribution < 1.29 is 19.4 Å². The molecule has 2 N–H and O–H groups in total. The maximum atomic E-state index is 13.1. The van der Waals surface area contributed by atoms with E-state index in [2.05, 4.69) is 11.4 Å². The fourth-order valence-electron chi connectivity index (χ4n) is 4.19. The van der Waals surface area contributed by atoms with Crippen molar-refractivity contribution >= 4 is 11.9 Å². The fraction of sp³-hybridized carbons (Fsp3) is 0.375. The number of β-amino-alcohol motifs (C(OH)–C–C–N with tert-alkyl or cyclic N) is 1. The zero-order chi connectivity index (χ0) is 22.0. The highest BCUT2D eigenvalue weighted by Crippen LogP contribution is 2.32. The number of nitriles is 1. The number of hydrogen-bond donors (Lipinski definition) is 2. The second kappa shape index (κ2) is 8.40. The summed E-state index contributed by atoms with van der Waals surface area (Å²) >= 11 is 0. The molecule has 1 heterocycles. The standard InChI is InChI=1S/C24H25N3O4/c1-24(19-8-7-17-3-2-4-18(17)13-19)22(29)27(23(30)26-24)14-20(28)15-31-21-9-5-16(6-10-21)11-12-25/h5-10,13,20,28H,2-4,11,14-15H2,1H3,(H,26,30)/t20-,24-/m0/s1. The van der Waals surface area contributed by atoms with Crippen LogP contribution in [0, 0.1) is 11.3 Å². The van der Waals surface area contributed by atoms with Crippen molar-refractivity contribution in [3.05, 3.63) is 64.7 Å². The number of imide groups is 1. The molecule has 0 radical (unpaired) electrons. The molecule has 0 unspecified atom stereocenters. The van der Waals surface area contributed by atoms with Gasteiger partial charge in [0.1, 0.15) is 24.0 Å². The van der Waals surface area contributed by atoms with Crippen LogP contribution < -0.4 is 10.1 Å². The number of aliphatic hydroxyl groups is 1. The molecule has 31 heavy (non-hydrogen) atoms. The van der Waals surface area contributed by atoms with E-state index in [1.807, 2.05) is 18.2 Å². The van der Waals surface area contributed by atoms with Gasteiger partial charge in [0.15, 0.2) is 0 Å². The van der Waals surface area contributed by atoms with E-state index in [1.165, 1.54) is 11.1 Å². The molecule has 7 nitrogen and oxygen atoms in total. The molecule has 4 rings (SSSR count). The largest absolute Gasteiger partial charge is 0.491 e. The van der Waals surface area contributed by atoms with Gasteiger partial charge in [-0.3, -0.25) is 9.69 Å². The summed E-state index contributed by atoms with van der Waals surface area (Å²) in [5, 5.41) is 21.9. The maximum absolute atomic E-state index is 13.1. The molecular weight excluding hydrogens is 394 g/mol. The summed E-state index contributed by atoms with van der Waals surface area (Å²) in [6, 6.07) is 14.5. The molecule has 1 fully saturated rings. The van der Waals surface area contributed by atoms with Crippen molar-refractivity contribution in [2.45, 2.75) is 44.2 Å². The lowest BCUT2D eigenvalue weighted by Gasteiger charge is -2.24. The van der Waals surface area contributed by atoms with Gasteiger partial charge in [-0.15, -0.1) is 0 Å². The van der Waals surface area contributed by atoms with Gasteiger partial charge in [-0.25, -0.2) is 4.79 Å². The summed E-state index contributed by atoms with van der Waals surface area (Å²) in [5.41, 5.74) is 3.02. The van der Waals surface area contributed by atoms with E-state index in [9.17, 15) is 14.7 Å². The number of ether oxygens (including phenoxy) is 1. The van der Waals surface area contributed by atoms with Crippen LogP contribution in [0.1, 0.15) is 35.6 Å². The van der Waals surface area contributed by atoms with Crippen LogP contribution >= 0.6 is 0 Å². The van der Waals surface area contributed by atoms with E-state index in [0.717, 1.165) is 35.3 Å². The van der Waals surface area contributed by atoms with E-state index in [0.29, 0.717) is 12.2 Å². The normalized spacial score (nSPS) is 20.9. The quantitative estimate of drug-likeness (QED) is 0.671. The summed E-state index contributed by atoms with van der Waals surface area (Å²) in [7, 11) is 0. The number of benzene rings is 2. The van der Waals surface area contributed by atoms with Crippen LogP contribution in [0.3, 0.4) is 0 Å². The molecular formula is C24H25N3O4. The van der Waals surface area contributed by atoms with Crippen molar-refractivity contribution in [1.29, 1.82) is 5.26 Å². The van der Waals surface area contributed by atoms with E-state index in [-0.39, 0.29) is 19.1 Å². The summed E-state index contributed by atoms with van der Waals surface area (Å²) in [4.78, 5) is 26.7. The molecule has 0 saturated carbocycles. The van der Waals surface area contributed by atoms with Gasteiger partial charge in [0.2, 0.25) is 0 Å². The van der Waals surface area contributed by atoms with Gasteiger partial charge in [-0.05, 0) is 60.6 Å². The first-order valence-electron chi connectivity index (χ1n) is 10.4. The van der Waals surface area contributed by atoms with Gasteiger partial charge in [0.05, 0.1) is 19.0 Å². The Labute approximate surface area is 181 Å². The predicted octanol–water partition coefficient (Wildman–Crippen LogP) is 2.45. The molecule has 1 saturated heterocycles. The Bertz CT molecular complexity index is 1040. The highest BCUT2D eigenvalue weighted by molar-refractivity contribution is 6.07. The summed E-state index contributed by atoms with van der Waals surface area (Å²) in [6.45, 7) is 1.48. The van der Waals surface area contributed by atoms with E-state index in [4.69, 9.17) is 10.00 Å². The zero-order valence-electron chi connectivity index (χ0n) is 17.4. The van der Waals surface area contributed by atoms with Gasteiger partial charge in [0, 0.05) is 0 Å². The molecule has 1 aliphatic carbocycles. The molecule has 2 atom stereocenters. The number of fused-ring (bicyclic) bond motifs is 1. The zero-order valence-corrected chi connectivity index (χ0v) is 17.4. The molecule has 7 heteroatoms.